The van der Waals surface area contributed by atoms with Crippen LogP contribution in [0, 0.1) is 0 Å². The SMILES string of the molecule is CCCCC/C=C\C/C=C\CCCCCCCC(=O)OC[C@H](COP(=O)(O)OC[C@H](O)COP(=O)(O)OC[C@@H](COC(=O)CCCCCCC/C=C\C/C=C\CCCCC)OC(=O)CCCCCCC/C=C\C/C=C\CCCCC)OCCCCCCC/C=C\CCCCCCC=O. The molecule has 3 N–H and O–H groups in total. The topological polar surface area (TPSA) is 237 Å². The molecular weight excluding hydrogens is 1280 g/mol. The van der Waals surface area contributed by atoms with Crippen molar-refractivity contribution in [2.75, 3.05) is 46.2 Å². The zero-order chi connectivity index (χ0) is 71.6. The fourth-order valence-electron chi connectivity index (χ4n) is 10.3. The third-order valence-corrected chi connectivity index (χ3v) is 18.2. The van der Waals surface area contributed by atoms with Gasteiger partial charge in [0.25, 0.3) is 0 Å². The van der Waals surface area contributed by atoms with Crippen molar-refractivity contribution in [2.24, 2.45) is 0 Å². The molecule has 0 amide bonds. The van der Waals surface area contributed by atoms with Gasteiger partial charge in [-0.05, 0) is 154 Å². The third-order valence-electron chi connectivity index (χ3n) is 16.3. The molecular formula is C79H140O17P2. The first-order valence-electron chi connectivity index (χ1n) is 38.8. The predicted molar refractivity (Wildman–Crippen MR) is 400 cm³/mol. The minimum absolute atomic E-state index is 0.0876. The van der Waals surface area contributed by atoms with E-state index in [-0.39, 0.29) is 25.9 Å². The van der Waals surface area contributed by atoms with Crippen LogP contribution in [0.1, 0.15) is 329 Å². The van der Waals surface area contributed by atoms with Crippen LogP contribution in [-0.2, 0) is 65.4 Å². The van der Waals surface area contributed by atoms with Crippen LogP contribution in [0.4, 0.5) is 0 Å². The zero-order valence-corrected chi connectivity index (χ0v) is 63.5. The Hall–Kier alpha value is -3.60. The number of unbranched alkanes of at least 4 members (excludes halogenated alkanes) is 34. The second kappa shape index (κ2) is 73.2. The number of hydrogen-bond acceptors (Lipinski definition) is 15. The molecule has 0 aliphatic rings. The van der Waals surface area contributed by atoms with Gasteiger partial charge in [-0.1, -0.05) is 234 Å². The molecule has 2 unspecified atom stereocenters. The summed E-state index contributed by atoms with van der Waals surface area (Å²) in [4.78, 5) is 70.4. The number of ether oxygens (including phenoxy) is 4. The highest BCUT2D eigenvalue weighted by molar-refractivity contribution is 7.47. The summed E-state index contributed by atoms with van der Waals surface area (Å²) >= 11 is 0. The lowest BCUT2D eigenvalue weighted by Gasteiger charge is -2.21. The van der Waals surface area contributed by atoms with Gasteiger partial charge >= 0.3 is 33.6 Å². The van der Waals surface area contributed by atoms with E-state index in [2.05, 4.69) is 106 Å². The normalized spacial score (nSPS) is 14.4. The fourth-order valence-corrected chi connectivity index (χ4v) is 11.9. The second-order valence-corrected chi connectivity index (χ2v) is 28.8. The number of carbonyl (C=O) groups is 4. The molecule has 0 spiro atoms. The molecule has 0 fully saturated rings. The first-order valence-corrected chi connectivity index (χ1v) is 41.8. The summed E-state index contributed by atoms with van der Waals surface area (Å²) in [5.41, 5.74) is 0. The molecule has 0 saturated heterocycles. The maximum absolute atomic E-state index is 13.1. The number of phosphoric ester groups is 2. The van der Waals surface area contributed by atoms with E-state index in [1.807, 2.05) is 0 Å². The van der Waals surface area contributed by atoms with Crippen LogP contribution in [0.3, 0.4) is 0 Å². The van der Waals surface area contributed by atoms with Crippen molar-refractivity contribution < 1.29 is 80.2 Å². The second-order valence-electron chi connectivity index (χ2n) is 25.9. The molecule has 17 nitrogen and oxygen atoms in total. The molecule has 98 heavy (non-hydrogen) atoms. The summed E-state index contributed by atoms with van der Waals surface area (Å²) in [6.07, 6.45) is 74.8. The summed E-state index contributed by atoms with van der Waals surface area (Å²) in [7, 11) is -9.81. The van der Waals surface area contributed by atoms with Gasteiger partial charge in [-0.15, -0.1) is 0 Å². The van der Waals surface area contributed by atoms with Crippen LogP contribution in [0.25, 0.3) is 0 Å². The Morgan fingerprint density at radius 3 is 0.959 bits per heavy atom. The van der Waals surface area contributed by atoms with Crippen LogP contribution in [0.2, 0.25) is 0 Å². The Labute approximate surface area is 595 Å². The van der Waals surface area contributed by atoms with Crippen molar-refractivity contribution >= 4 is 39.8 Å². The highest BCUT2D eigenvalue weighted by Gasteiger charge is 2.30. The molecule has 19 heteroatoms. The van der Waals surface area contributed by atoms with E-state index in [1.165, 1.54) is 57.8 Å². The van der Waals surface area contributed by atoms with Crippen molar-refractivity contribution in [3.05, 3.63) is 85.1 Å². The smallest absolute Gasteiger partial charge is 0.463 e. The Kier molecular flexibility index (Phi) is 70.5. The average Bonchev–Trinajstić information content (AvgIpc) is 1.04. The zero-order valence-electron chi connectivity index (χ0n) is 61.7. The Balaban J connectivity index is 5.30. The first kappa shape index (κ1) is 94.4. The monoisotopic (exact) mass is 1420 g/mol. The van der Waals surface area contributed by atoms with Crippen LogP contribution >= 0.6 is 15.6 Å². The lowest BCUT2D eigenvalue weighted by molar-refractivity contribution is -0.161. The van der Waals surface area contributed by atoms with E-state index in [0.29, 0.717) is 38.7 Å². The van der Waals surface area contributed by atoms with Gasteiger partial charge in [0.05, 0.1) is 26.4 Å². The van der Waals surface area contributed by atoms with Crippen LogP contribution in [0.15, 0.2) is 85.1 Å². The molecule has 0 saturated carbocycles. The van der Waals surface area contributed by atoms with E-state index in [9.17, 15) is 43.2 Å². The summed E-state index contributed by atoms with van der Waals surface area (Å²) in [6, 6.07) is 0. The number of hydrogen-bond donors (Lipinski definition) is 3. The molecule has 0 aromatic heterocycles. The first-order chi connectivity index (χ1) is 47.8. The van der Waals surface area contributed by atoms with Crippen LogP contribution in [0.5, 0.6) is 0 Å². The Bertz CT molecular complexity index is 2160. The van der Waals surface area contributed by atoms with Crippen molar-refractivity contribution in [2.45, 2.75) is 347 Å². The molecule has 0 rings (SSSR count). The molecule has 0 radical (unpaired) electrons. The van der Waals surface area contributed by atoms with Gasteiger partial charge in [0.15, 0.2) is 6.10 Å². The lowest BCUT2D eigenvalue weighted by Crippen LogP contribution is -2.30. The minimum atomic E-state index is -4.95. The number of allylic oxidation sites excluding steroid dienone is 14. The lowest BCUT2D eigenvalue weighted by atomic mass is 10.1. The van der Waals surface area contributed by atoms with Gasteiger partial charge in [-0.25, -0.2) is 9.13 Å². The number of phosphoric acid groups is 2. The standard InChI is InChI=1S/C79H140O17P2/c1-4-7-10-13-16-19-22-25-28-33-38-43-48-53-58-63-77(82)90-70-75(89-67-62-57-52-47-42-37-32-31-36-41-46-51-56-61-66-80)72-94-97(85,86)92-68-74(81)69-93-98(87,88)95-73-76(96-79(84)65-60-55-50-45-40-35-30-27-24-21-18-15-12-9-6-3)71-91-78(83)64-59-54-49-44-39-34-29-26-23-20-17-14-11-8-5-2/h16-21,25-32,66,74-76,81H,4-15,22-24,33-65,67-73H2,1-3H3,(H,85,86)(H,87,88)/b19-16-,20-17-,21-18-,28-25-,29-26-,30-27-,32-31-/t74-,75+,76+/m0/s1. The van der Waals surface area contributed by atoms with E-state index in [0.717, 1.165) is 205 Å². The molecule has 568 valence electrons. The van der Waals surface area contributed by atoms with E-state index in [1.54, 1.807) is 0 Å². The molecule has 5 atom stereocenters. The number of esters is 3. The van der Waals surface area contributed by atoms with Gasteiger partial charge in [0.1, 0.15) is 31.7 Å². The van der Waals surface area contributed by atoms with E-state index < -0.39 is 84.9 Å². The largest absolute Gasteiger partial charge is 0.472 e. The van der Waals surface area contributed by atoms with Gasteiger partial charge < -0.3 is 38.6 Å². The van der Waals surface area contributed by atoms with Crippen molar-refractivity contribution in [1.29, 1.82) is 0 Å². The summed E-state index contributed by atoms with van der Waals surface area (Å²) in [5.74, 6) is -1.50. The molecule has 0 aromatic rings. The number of aliphatic hydroxyl groups is 1. The summed E-state index contributed by atoms with van der Waals surface area (Å²) in [6.45, 7) is 3.41. The highest BCUT2D eigenvalue weighted by Crippen LogP contribution is 2.45. The predicted octanol–water partition coefficient (Wildman–Crippen LogP) is 21.9. The van der Waals surface area contributed by atoms with Crippen molar-refractivity contribution in [3.63, 3.8) is 0 Å². The number of carbonyl (C=O) groups excluding carboxylic acids is 4. The van der Waals surface area contributed by atoms with E-state index in [4.69, 9.17) is 37.0 Å². The molecule has 0 aromatic carbocycles. The van der Waals surface area contributed by atoms with E-state index >= 15 is 0 Å². The molecule has 0 aliphatic carbocycles. The third kappa shape index (κ3) is 72.2. The average molecular weight is 1420 g/mol. The van der Waals surface area contributed by atoms with Gasteiger partial charge in [0.2, 0.25) is 0 Å². The summed E-state index contributed by atoms with van der Waals surface area (Å²) in [5, 5.41) is 10.6. The van der Waals surface area contributed by atoms with Crippen molar-refractivity contribution in [1.82, 2.24) is 0 Å². The maximum atomic E-state index is 13.1. The minimum Gasteiger partial charge on any atom is -0.463 e. The highest BCUT2D eigenvalue weighted by atomic mass is 31.2. The van der Waals surface area contributed by atoms with Crippen molar-refractivity contribution in [3.8, 4) is 0 Å². The maximum Gasteiger partial charge on any atom is 0.472 e. The van der Waals surface area contributed by atoms with Crippen LogP contribution < -0.4 is 0 Å². The van der Waals surface area contributed by atoms with Gasteiger partial charge in [-0.3, -0.25) is 32.5 Å². The van der Waals surface area contributed by atoms with Gasteiger partial charge in [-0.2, -0.15) is 0 Å². The molecule has 0 aliphatic heterocycles. The summed E-state index contributed by atoms with van der Waals surface area (Å²) < 4.78 is 69.2. The Morgan fingerprint density at radius 1 is 0.327 bits per heavy atom. The van der Waals surface area contributed by atoms with Gasteiger partial charge in [0, 0.05) is 32.3 Å². The Morgan fingerprint density at radius 2 is 0.602 bits per heavy atom. The quantitative estimate of drug-likeness (QED) is 0.0128. The number of aldehydes is 1. The molecule has 0 bridgehead atoms. The number of aliphatic hydroxyl groups excluding tert-OH is 1. The fraction of sp³-hybridized carbons (Fsp3) is 0.772. The number of rotatable bonds is 75. The van der Waals surface area contributed by atoms with Crippen LogP contribution in [-0.4, -0.2) is 104 Å². The molecule has 0 heterocycles.